The van der Waals surface area contributed by atoms with Gasteiger partial charge >= 0.3 is 5.97 Å². The molecule has 0 heterocycles. The van der Waals surface area contributed by atoms with Crippen molar-refractivity contribution in [2.24, 2.45) is 0 Å². The first kappa shape index (κ1) is 17.8. The first-order chi connectivity index (χ1) is 11.5. The molecular formula is C18H23NO5. The number of hydrogen-bond acceptors (Lipinski definition) is 4. The Morgan fingerprint density at radius 1 is 1.29 bits per heavy atom. The molecule has 0 spiro atoms. The number of carboxylic acid groups (broad SMARTS) is 1. The van der Waals surface area contributed by atoms with Crippen LogP contribution in [0.3, 0.4) is 0 Å². The maximum atomic E-state index is 12.1. The first-order valence-corrected chi connectivity index (χ1v) is 7.99. The van der Waals surface area contributed by atoms with Gasteiger partial charge in [-0.2, -0.15) is 0 Å². The van der Waals surface area contributed by atoms with Crippen molar-refractivity contribution in [2.75, 3.05) is 13.7 Å². The number of nitrogens with one attached hydrogen (secondary N) is 1. The first-order valence-electron chi connectivity index (χ1n) is 7.99. The zero-order valence-electron chi connectivity index (χ0n) is 14.0. The van der Waals surface area contributed by atoms with E-state index in [1.165, 1.54) is 7.11 Å². The van der Waals surface area contributed by atoms with Gasteiger partial charge in [0.05, 0.1) is 7.11 Å². The van der Waals surface area contributed by atoms with Gasteiger partial charge in [-0.15, -0.1) is 0 Å². The van der Waals surface area contributed by atoms with Crippen LogP contribution in [0.4, 0.5) is 0 Å². The van der Waals surface area contributed by atoms with Crippen LogP contribution in [0.2, 0.25) is 0 Å². The van der Waals surface area contributed by atoms with Crippen LogP contribution in [0, 0.1) is 0 Å². The van der Waals surface area contributed by atoms with Gasteiger partial charge in [0.25, 0.3) is 5.91 Å². The molecule has 1 aliphatic carbocycles. The Hall–Kier alpha value is -2.50. The molecule has 1 fully saturated rings. The van der Waals surface area contributed by atoms with Gasteiger partial charge in [-0.3, -0.25) is 4.79 Å². The molecule has 2 N–H and O–H groups in total. The fraction of sp³-hybridized carbons (Fsp3) is 0.444. The third-order valence-corrected chi connectivity index (χ3v) is 4.15. The topological polar surface area (TPSA) is 84.9 Å². The van der Waals surface area contributed by atoms with Crippen molar-refractivity contribution in [1.82, 2.24) is 5.32 Å². The molecule has 1 aliphatic rings. The quantitative estimate of drug-likeness (QED) is 0.801. The Labute approximate surface area is 141 Å². The van der Waals surface area contributed by atoms with Gasteiger partial charge in [-0.25, -0.2) is 4.79 Å². The molecule has 6 nitrogen and oxygen atoms in total. The summed E-state index contributed by atoms with van der Waals surface area (Å²) in [6.07, 6.45) is 6.34. The summed E-state index contributed by atoms with van der Waals surface area (Å²) in [5, 5.41) is 12.0. The van der Waals surface area contributed by atoms with E-state index in [1.54, 1.807) is 6.07 Å². The lowest BCUT2D eigenvalue weighted by atomic mass is 9.98. The van der Waals surface area contributed by atoms with Crippen molar-refractivity contribution in [3.63, 3.8) is 0 Å². The molecule has 1 aromatic rings. The molecule has 130 valence electrons. The van der Waals surface area contributed by atoms with Crippen LogP contribution in [-0.4, -0.2) is 36.2 Å². The number of carbonyl (C=O) groups excluding carboxylic acids is 1. The minimum absolute atomic E-state index is 0.256. The summed E-state index contributed by atoms with van der Waals surface area (Å²) in [7, 11) is 1.53. The third kappa shape index (κ3) is 4.07. The predicted molar refractivity (Wildman–Crippen MR) is 90.2 cm³/mol. The van der Waals surface area contributed by atoms with E-state index in [1.807, 2.05) is 31.2 Å². The Balaban J connectivity index is 2.00. The van der Waals surface area contributed by atoms with Crippen LogP contribution < -0.4 is 14.8 Å². The van der Waals surface area contributed by atoms with Crippen molar-refractivity contribution >= 4 is 18.0 Å². The maximum absolute atomic E-state index is 12.1. The molecule has 0 unspecified atom stereocenters. The monoisotopic (exact) mass is 333 g/mol. The number of rotatable bonds is 7. The zero-order chi connectivity index (χ0) is 17.6. The molecule has 1 saturated carbocycles. The number of methoxy groups -OCH3 is 1. The minimum Gasteiger partial charge on any atom is -0.493 e. The van der Waals surface area contributed by atoms with E-state index in [2.05, 4.69) is 5.32 Å². The molecule has 1 aromatic carbocycles. The molecule has 0 aliphatic heterocycles. The number of amides is 1. The summed E-state index contributed by atoms with van der Waals surface area (Å²) >= 11 is 0. The van der Waals surface area contributed by atoms with Gasteiger partial charge in [-0.1, -0.05) is 31.1 Å². The number of hydrogen-bond donors (Lipinski definition) is 2. The highest BCUT2D eigenvalue weighted by Gasteiger charge is 2.42. The van der Waals surface area contributed by atoms with Gasteiger partial charge in [0.1, 0.15) is 5.54 Å². The van der Waals surface area contributed by atoms with E-state index in [-0.39, 0.29) is 6.61 Å². The molecule has 0 atom stereocenters. The summed E-state index contributed by atoms with van der Waals surface area (Å²) in [5.74, 6) is -0.468. The molecule has 2 rings (SSSR count). The second-order valence-corrected chi connectivity index (χ2v) is 5.84. The molecule has 0 aromatic heterocycles. The van der Waals surface area contributed by atoms with E-state index in [0.29, 0.717) is 24.3 Å². The van der Waals surface area contributed by atoms with E-state index in [0.717, 1.165) is 18.4 Å². The van der Waals surface area contributed by atoms with E-state index in [9.17, 15) is 14.7 Å². The van der Waals surface area contributed by atoms with Gasteiger partial charge in [0.2, 0.25) is 0 Å². The van der Waals surface area contributed by atoms with Crippen molar-refractivity contribution in [1.29, 1.82) is 0 Å². The number of aliphatic carboxylic acids is 1. The van der Waals surface area contributed by atoms with Crippen molar-refractivity contribution in [3.05, 3.63) is 29.8 Å². The Bertz CT molecular complexity index is 632. The number of allylic oxidation sites excluding steroid dienone is 1. The number of carbonyl (C=O) groups is 2. The second-order valence-electron chi connectivity index (χ2n) is 5.84. The van der Waals surface area contributed by atoms with Crippen molar-refractivity contribution in [2.45, 2.75) is 38.1 Å². The molecular weight excluding hydrogens is 310 g/mol. The smallest absolute Gasteiger partial charge is 0.329 e. The van der Waals surface area contributed by atoms with Crippen LogP contribution in [-0.2, 0) is 9.59 Å². The summed E-state index contributed by atoms with van der Waals surface area (Å²) in [6.45, 7) is 1.66. The van der Waals surface area contributed by atoms with Gasteiger partial charge in [-0.05, 0) is 37.5 Å². The summed E-state index contributed by atoms with van der Waals surface area (Å²) < 4.78 is 10.8. The molecule has 0 saturated heterocycles. The predicted octanol–water partition coefficient (Wildman–Crippen LogP) is 2.62. The highest BCUT2D eigenvalue weighted by atomic mass is 16.5. The minimum atomic E-state index is -1.15. The molecule has 6 heteroatoms. The summed E-state index contributed by atoms with van der Waals surface area (Å²) in [4.78, 5) is 23.6. The summed E-state index contributed by atoms with van der Waals surface area (Å²) in [5.41, 5.74) is -0.192. The highest BCUT2D eigenvalue weighted by Crippen LogP contribution is 2.31. The largest absolute Gasteiger partial charge is 0.493 e. The van der Waals surface area contributed by atoms with Crippen LogP contribution in [0.1, 0.15) is 38.2 Å². The SMILES string of the molecule is C/C=C/c1ccc(OCC(=O)NC2(C(=O)O)CCCC2)c(OC)c1. The van der Waals surface area contributed by atoms with Crippen molar-refractivity contribution < 1.29 is 24.2 Å². The van der Waals surface area contributed by atoms with E-state index < -0.39 is 17.4 Å². The zero-order valence-corrected chi connectivity index (χ0v) is 14.0. The van der Waals surface area contributed by atoms with Crippen LogP contribution in [0.15, 0.2) is 24.3 Å². The normalized spacial score (nSPS) is 16.1. The molecule has 24 heavy (non-hydrogen) atoms. The Morgan fingerprint density at radius 3 is 2.58 bits per heavy atom. The highest BCUT2D eigenvalue weighted by molar-refractivity contribution is 5.88. The van der Waals surface area contributed by atoms with Crippen molar-refractivity contribution in [3.8, 4) is 11.5 Å². The lowest BCUT2D eigenvalue weighted by molar-refractivity contribution is -0.147. The average molecular weight is 333 g/mol. The Kier molecular flexibility index (Phi) is 5.84. The fourth-order valence-electron chi connectivity index (χ4n) is 2.92. The van der Waals surface area contributed by atoms with Gasteiger partial charge in [0.15, 0.2) is 18.1 Å². The third-order valence-electron chi connectivity index (χ3n) is 4.15. The summed E-state index contributed by atoms with van der Waals surface area (Å²) in [6, 6.07) is 5.39. The van der Waals surface area contributed by atoms with Gasteiger partial charge < -0.3 is 19.9 Å². The van der Waals surface area contributed by atoms with E-state index >= 15 is 0 Å². The second kappa shape index (κ2) is 7.86. The maximum Gasteiger partial charge on any atom is 0.329 e. The molecule has 0 radical (unpaired) electrons. The van der Waals surface area contributed by atoms with E-state index in [4.69, 9.17) is 9.47 Å². The number of ether oxygens (including phenoxy) is 2. The number of benzene rings is 1. The average Bonchev–Trinajstić information content (AvgIpc) is 3.03. The molecule has 1 amide bonds. The number of carboxylic acids is 1. The van der Waals surface area contributed by atoms with Crippen LogP contribution in [0.25, 0.3) is 6.08 Å². The molecule has 0 bridgehead atoms. The standard InChI is InChI=1S/C18H23NO5/c1-3-6-13-7-8-14(15(11-13)23-2)24-12-16(20)19-18(17(21)22)9-4-5-10-18/h3,6-8,11H,4-5,9-10,12H2,1-2H3,(H,19,20)(H,21,22)/b6-3+. The lowest BCUT2D eigenvalue weighted by Crippen LogP contribution is -2.53. The fourth-order valence-corrected chi connectivity index (χ4v) is 2.92. The lowest BCUT2D eigenvalue weighted by Gasteiger charge is -2.25. The van der Waals surface area contributed by atoms with Gasteiger partial charge in [0, 0.05) is 0 Å². The van der Waals surface area contributed by atoms with Crippen LogP contribution in [0.5, 0.6) is 11.5 Å². The van der Waals surface area contributed by atoms with Crippen LogP contribution >= 0.6 is 0 Å². The Morgan fingerprint density at radius 2 is 2.00 bits per heavy atom.